The second-order valence-corrected chi connectivity index (χ2v) is 9.46. The van der Waals surface area contributed by atoms with Gasteiger partial charge in [-0.1, -0.05) is 56.1 Å². The van der Waals surface area contributed by atoms with Crippen molar-refractivity contribution in [1.29, 1.82) is 0 Å². The minimum atomic E-state index is -0.587. The second kappa shape index (κ2) is 10.4. The molecule has 3 rings (SSSR count). The van der Waals surface area contributed by atoms with Gasteiger partial charge in [0.25, 0.3) is 0 Å². The maximum absolute atomic E-state index is 13.9. The van der Waals surface area contributed by atoms with Crippen LogP contribution in [0.15, 0.2) is 48.5 Å². The highest BCUT2D eigenvalue weighted by Gasteiger charge is 2.23. The molecule has 7 nitrogen and oxygen atoms in total. The van der Waals surface area contributed by atoms with Gasteiger partial charge in [-0.2, -0.15) is 5.10 Å². The first-order chi connectivity index (χ1) is 16.0. The number of aromatic nitrogens is 2. The molecule has 0 atom stereocenters. The standard InChI is InChI=1S/C24H26Cl2FN5O2/c1-5-31(23(34)28-19-9-7-6-8-18(19)27)14-22(33)29-21-13-20(24(2,3)4)30-32(21)15-10-11-16(25)17(26)12-15/h6-13H,5,14H2,1-4H3,(H,28,34)(H,29,33). The Morgan fingerprint density at radius 2 is 1.76 bits per heavy atom. The molecule has 0 saturated carbocycles. The van der Waals surface area contributed by atoms with Gasteiger partial charge in [0.05, 0.1) is 27.1 Å². The van der Waals surface area contributed by atoms with E-state index >= 15 is 0 Å². The molecule has 2 N–H and O–H groups in total. The average Bonchev–Trinajstić information content (AvgIpc) is 3.19. The number of carbonyl (C=O) groups is 2. The number of hydrogen-bond donors (Lipinski definition) is 2. The van der Waals surface area contributed by atoms with Gasteiger partial charge in [0.1, 0.15) is 18.2 Å². The highest BCUT2D eigenvalue weighted by Crippen LogP contribution is 2.29. The maximum atomic E-state index is 13.9. The molecule has 0 spiro atoms. The Hall–Kier alpha value is -3.10. The van der Waals surface area contributed by atoms with Gasteiger partial charge in [0.15, 0.2) is 0 Å². The van der Waals surface area contributed by atoms with Gasteiger partial charge in [-0.3, -0.25) is 4.79 Å². The maximum Gasteiger partial charge on any atom is 0.322 e. The van der Waals surface area contributed by atoms with Crippen molar-refractivity contribution in [2.75, 3.05) is 23.7 Å². The summed E-state index contributed by atoms with van der Waals surface area (Å²) in [7, 11) is 0. The van der Waals surface area contributed by atoms with Crippen molar-refractivity contribution in [1.82, 2.24) is 14.7 Å². The van der Waals surface area contributed by atoms with Crippen LogP contribution in [0.5, 0.6) is 0 Å². The highest BCUT2D eigenvalue weighted by molar-refractivity contribution is 6.42. The van der Waals surface area contributed by atoms with E-state index in [1.54, 1.807) is 41.9 Å². The molecule has 180 valence electrons. The number of anilines is 2. The van der Waals surface area contributed by atoms with E-state index in [0.29, 0.717) is 21.6 Å². The number of hydrogen-bond acceptors (Lipinski definition) is 3. The van der Waals surface area contributed by atoms with Crippen LogP contribution in [0, 0.1) is 5.82 Å². The molecule has 3 aromatic rings. The zero-order valence-corrected chi connectivity index (χ0v) is 20.8. The summed E-state index contributed by atoms with van der Waals surface area (Å²) in [5.41, 5.74) is 1.12. The third-order valence-electron chi connectivity index (χ3n) is 5.01. The normalized spacial score (nSPS) is 11.3. The number of halogens is 3. The van der Waals surface area contributed by atoms with Crippen LogP contribution in [0.4, 0.5) is 20.7 Å². The fourth-order valence-electron chi connectivity index (χ4n) is 3.09. The van der Waals surface area contributed by atoms with Crippen molar-refractivity contribution in [3.63, 3.8) is 0 Å². The van der Waals surface area contributed by atoms with Gasteiger partial charge in [0.2, 0.25) is 5.91 Å². The first kappa shape index (κ1) is 25.5. The summed E-state index contributed by atoms with van der Waals surface area (Å²) in [6, 6.07) is 12.1. The topological polar surface area (TPSA) is 79.3 Å². The van der Waals surface area contributed by atoms with Crippen molar-refractivity contribution >= 4 is 46.6 Å². The van der Waals surface area contributed by atoms with E-state index in [9.17, 15) is 14.0 Å². The number of rotatable bonds is 6. The van der Waals surface area contributed by atoms with Crippen molar-refractivity contribution in [3.05, 3.63) is 70.1 Å². The van der Waals surface area contributed by atoms with E-state index in [0.717, 1.165) is 5.69 Å². The fourth-order valence-corrected chi connectivity index (χ4v) is 3.38. The Morgan fingerprint density at radius 3 is 2.38 bits per heavy atom. The lowest BCUT2D eigenvalue weighted by Crippen LogP contribution is -2.40. The average molecular weight is 506 g/mol. The Kier molecular flexibility index (Phi) is 7.84. The number of nitrogens with zero attached hydrogens (tertiary/aromatic N) is 3. The van der Waals surface area contributed by atoms with Crippen LogP contribution >= 0.6 is 23.2 Å². The molecule has 3 amide bonds. The van der Waals surface area contributed by atoms with Gasteiger partial charge in [0, 0.05) is 18.0 Å². The van der Waals surface area contributed by atoms with Gasteiger partial charge >= 0.3 is 6.03 Å². The first-order valence-corrected chi connectivity index (χ1v) is 11.4. The number of carbonyl (C=O) groups excluding carboxylic acids is 2. The minimum absolute atomic E-state index is 0.0406. The van der Waals surface area contributed by atoms with Crippen molar-refractivity contribution in [2.24, 2.45) is 0 Å². The fraction of sp³-hybridized carbons (Fsp3) is 0.292. The summed E-state index contributed by atoms with van der Waals surface area (Å²) >= 11 is 12.2. The molecule has 0 aliphatic carbocycles. The Bertz CT molecular complexity index is 1210. The minimum Gasteiger partial charge on any atom is -0.315 e. The summed E-state index contributed by atoms with van der Waals surface area (Å²) in [6.07, 6.45) is 0. The molecule has 34 heavy (non-hydrogen) atoms. The third-order valence-corrected chi connectivity index (χ3v) is 5.75. The van der Waals surface area contributed by atoms with E-state index in [4.69, 9.17) is 23.2 Å². The summed E-state index contributed by atoms with van der Waals surface area (Å²) in [5, 5.41) is 10.7. The van der Waals surface area contributed by atoms with E-state index < -0.39 is 17.8 Å². The number of benzene rings is 2. The van der Waals surface area contributed by atoms with E-state index in [2.05, 4.69) is 15.7 Å². The number of amides is 3. The largest absolute Gasteiger partial charge is 0.322 e. The molecule has 10 heteroatoms. The molecule has 0 aliphatic heterocycles. The molecule has 0 fully saturated rings. The summed E-state index contributed by atoms with van der Waals surface area (Å²) in [6.45, 7) is 7.75. The predicted molar refractivity (Wildman–Crippen MR) is 134 cm³/mol. The first-order valence-electron chi connectivity index (χ1n) is 10.7. The predicted octanol–water partition coefficient (Wildman–Crippen LogP) is 6.11. The lowest BCUT2D eigenvalue weighted by molar-refractivity contribution is -0.116. The lowest BCUT2D eigenvalue weighted by atomic mass is 9.92. The second-order valence-electron chi connectivity index (χ2n) is 8.65. The van der Waals surface area contributed by atoms with Gasteiger partial charge < -0.3 is 15.5 Å². The van der Waals surface area contributed by atoms with Crippen molar-refractivity contribution in [3.8, 4) is 5.69 Å². The van der Waals surface area contributed by atoms with Gasteiger partial charge in [-0.25, -0.2) is 13.9 Å². The van der Waals surface area contributed by atoms with Crippen LogP contribution in [-0.2, 0) is 10.2 Å². The molecule has 1 aromatic heterocycles. The number of urea groups is 1. The summed E-state index contributed by atoms with van der Waals surface area (Å²) in [5.74, 6) is -0.581. The molecular formula is C24H26Cl2FN5O2. The van der Waals surface area contributed by atoms with Crippen LogP contribution in [0.3, 0.4) is 0 Å². The van der Waals surface area contributed by atoms with Crippen LogP contribution in [-0.4, -0.2) is 39.7 Å². The van der Waals surface area contributed by atoms with Crippen LogP contribution in [0.25, 0.3) is 5.69 Å². The zero-order chi connectivity index (χ0) is 25.0. The summed E-state index contributed by atoms with van der Waals surface area (Å²) in [4.78, 5) is 26.7. The number of likely N-dealkylation sites (N-methyl/N-ethyl adjacent to an activating group) is 1. The SMILES string of the molecule is CCN(CC(=O)Nc1cc(C(C)(C)C)nn1-c1ccc(Cl)c(Cl)c1)C(=O)Nc1ccccc1F. The van der Waals surface area contributed by atoms with Crippen LogP contribution < -0.4 is 10.6 Å². The highest BCUT2D eigenvalue weighted by atomic mass is 35.5. The molecule has 0 unspecified atom stereocenters. The van der Waals surface area contributed by atoms with Gasteiger partial charge in [-0.05, 0) is 37.3 Å². The molecule has 0 aliphatic rings. The van der Waals surface area contributed by atoms with Crippen LogP contribution in [0.1, 0.15) is 33.4 Å². The molecule has 2 aromatic carbocycles. The van der Waals surface area contributed by atoms with Crippen molar-refractivity contribution in [2.45, 2.75) is 33.1 Å². The van der Waals surface area contributed by atoms with E-state index in [-0.39, 0.29) is 24.2 Å². The zero-order valence-electron chi connectivity index (χ0n) is 19.3. The summed E-state index contributed by atoms with van der Waals surface area (Å²) < 4.78 is 15.5. The smallest absolute Gasteiger partial charge is 0.315 e. The monoisotopic (exact) mass is 505 g/mol. The molecule has 0 radical (unpaired) electrons. The molecule has 0 bridgehead atoms. The van der Waals surface area contributed by atoms with Crippen molar-refractivity contribution < 1.29 is 14.0 Å². The van der Waals surface area contributed by atoms with Crippen LogP contribution in [0.2, 0.25) is 10.0 Å². The Labute approximate surface area is 207 Å². The lowest BCUT2D eigenvalue weighted by Gasteiger charge is -2.21. The van der Waals surface area contributed by atoms with E-state index in [1.165, 1.54) is 23.1 Å². The third kappa shape index (κ3) is 6.07. The number of para-hydroxylation sites is 1. The van der Waals surface area contributed by atoms with E-state index in [1.807, 2.05) is 20.8 Å². The Balaban J connectivity index is 1.81. The molecular weight excluding hydrogens is 480 g/mol. The Morgan fingerprint density at radius 1 is 1.06 bits per heavy atom. The number of nitrogens with one attached hydrogen (secondary N) is 2. The molecule has 0 saturated heterocycles. The quantitative estimate of drug-likeness (QED) is 0.424. The van der Waals surface area contributed by atoms with Gasteiger partial charge in [-0.15, -0.1) is 0 Å². The molecule has 1 heterocycles.